The number of nitrogens with zero attached hydrogens (tertiary/aromatic N) is 3. The number of hydrogen-bond acceptors (Lipinski definition) is 4. The summed E-state index contributed by atoms with van der Waals surface area (Å²) in [5.74, 6) is 0.271. The number of piperazine rings is 1. The first kappa shape index (κ1) is 15.8. The standard InChI is InChI=1S/C17H16BrN3O2/c18-14-4-1-3-13(11-14)15(12-19)20-6-8-21(9-7-20)17(22)16-5-2-10-23-16/h1-5,10-11,15H,6-9H2. The lowest BCUT2D eigenvalue weighted by Crippen LogP contribution is -2.49. The highest BCUT2D eigenvalue weighted by molar-refractivity contribution is 9.10. The third-order valence-corrected chi connectivity index (χ3v) is 4.48. The van der Waals surface area contributed by atoms with Crippen LogP contribution in [0.4, 0.5) is 0 Å². The van der Waals surface area contributed by atoms with E-state index in [0.717, 1.165) is 10.0 Å². The molecule has 6 heteroatoms. The highest BCUT2D eigenvalue weighted by atomic mass is 79.9. The quantitative estimate of drug-likeness (QED) is 0.829. The molecule has 3 rings (SSSR count). The Hall–Kier alpha value is -2.10. The molecular formula is C17H16BrN3O2. The molecule has 0 spiro atoms. The Morgan fingerprint density at radius 3 is 2.61 bits per heavy atom. The minimum atomic E-state index is -0.298. The van der Waals surface area contributed by atoms with Gasteiger partial charge < -0.3 is 9.32 Å². The molecule has 1 amide bonds. The average molecular weight is 374 g/mol. The van der Waals surface area contributed by atoms with Gasteiger partial charge >= 0.3 is 0 Å². The van der Waals surface area contributed by atoms with Gasteiger partial charge in [-0.1, -0.05) is 28.1 Å². The summed E-state index contributed by atoms with van der Waals surface area (Å²) in [5, 5.41) is 9.55. The fourth-order valence-electron chi connectivity index (χ4n) is 2.78. The van der Waals surface area contributed by atoms with Crippen LogP contribution in [0.25, 0.3) is 0 Å². The van der Waals surface area contributed by atoms with Crippen LogP contribution in [0.3, 0.4) is 0 Å². The van der Waals surface area contributed by atoms with E-state index in [1.807, 2.05) is 24.3 Å². The van der Waals surface area contributed by atoms with Crippen molar-refractivity contribution in [2.75, 3.05) is 26.2 Å². The smallest absolute Gasteiger partial charge is 0.289 e. The van der Waals surface area contributed by atoms with Crippen LogP contribution in [0.2, 0.25) is 0 Å². The zero-order valence-electron chi connectivity index (χ0n) is 12.5. The summed E-state index contributed by atoms with van der Waals surface area (Å²) in [6, 6.07) is 13.3. The summed E-state index contributed by atoms with van der Waals surface area (Å²) in [6.45, 7) is 2.51. The maximum absolute atomic E-state index is 12.3. The van der Waals surface area contributed by atoms with Crippen LogP contribution in [0.1, 0.15) is 22.2 Å². The van der Waals surface area contributed by atoms with E-state index in [1.165, 1.54) is 6.26 Å². The first-order valence-corrected chi connectivity index (χ1v) is 8.20. The number of carbonyl (C=O) groups excluding carboxylic acids is 1. The van der Waals surface area contributed by atoms with Gasteiger partial charge in [0.15, 0.2) is 5.76 Å². The van der Waals surface area contributed by atoms with Crippen LogP contribution in [0.15, 0.2) is 51.6 Å². The molecule has 1 aromatic heterocycles. The molecule has 0 N–H and O–H groups in total. The summed E-state index contributed by atoms with van der Waals surface area (Å²) in [6.07, 6.45) is 1.50. The summed E-state index contributed by atoms with van der Waals surface area (Å²) in [5.41, 5.74) is 0.965. The molecule has 0 radical (unpaired) electrons. The van der Waals surface area contributed by atoms with E-state index in [2.05, 4.69) is 26.9 Å². The molecule has 1 saturated heterocycles. The van der Waals surface area contributed by atoms with Gasteiger partial charge in [0.05, 0.1) is 12.3 Å². The molecule has 2 aromatic rings. The number of rotatable bonds is 3. The third kappa shape index (κ3) is 3.46. The van der Waals surface area contributed by atoms with Gasteiger partial charge in [-0.3, -0.25) is 9.69 Å². The van der Waals surface area contributed by atoms with Crippen molar-refractivity contribution in [3.05, 3.63) is 58.5 Å². The predicted molar refractivity (Wildman–Crippen MR) is 88.7 cm³/mol. The Labute approximate surface area is 143 Å². The number of hydrogen-bond donors (Lipinski definition) is 0. The number of carbonyl (C=O) groups is 1. The second kappa shape index (κ2) is 6.99. The molecule has 1 atom stereocenters. The maximum atomic E-state index is 12.3. The Bertz CT molecular complexity index is 716. The summed E-state index contributed by atoms with van der Waals surface area (Å²) < 4.78 is 6.12. The molecule has 5 nitrogen and oxygen atoms in total. The van der Waals surface area contributed by atoms with Crippen molar-refractivity contribution in [1.29, 1.82) is 5.26 Å². The molecule has 23 heavy (non-hydrogen) atoms. The molecule has 1 aromatic carbocycles. The van der Waals surface area contributed by atoms with Crippen molar-refractivity contribution in [3.8, 4) is 6.07 Å². The number of furan rings is 1. The Morgan fingerprint density at radius 2 is 2.00 bits per heavy atom. The SMILES string of the molecule is N#CC(c1cccc(Br)c1)N1CCN(C(=O)c2ccco2)CC1. The van der Waals surface area contributed by atoms with E-state index < -0.39 is 0 Å². The zero-order valence-corrected chi connectivity index (χ0v) is 14.1. The number of nitriles is 1. The Balaban J connectivity index is 1.66. The molecule has 1 aliphatic rings. The zero-order chi connectivity index (χ0) is 16.2. The van der Waals surface area contributed by atoms with E-state index in [0.29, 0.717) is 31.9 Å². The van der Waals surface area contributed by atoms with Crippen LogP contribution in [0.5, 0.6) is 0 Å². The summed E-state index contributed by atoms with van der Waals surface area (Å²) in [4.78, 5) is 16.1. The number of halogens is 1. The van der Waals surface area contributed by atoms with Gasteiger partial charge in [0, 0.05) is 30.7 Å². The van der Waals surface area contributed by atoms with Gasteiger partial charge in [0.2, 0.25) is 0 Å². The van der Waals surface area contributed by atoms with Crippen molar-refractivity contribution in [2.45, 2.75) is 6.04 Å². The lowest BCUT2D eigenvalue weighted by Gasteiger charge is -2.36. The molecule has 1 aliphatic heterocycles. The summed E-state index contributed by atoms with van der Waals surface area (Å²) in [7, 11) is 0. The first-order valence-electron chi connectivity index (χ1n) is 7.41. The molecule has 0 aliphatic carbocycles. The van der Waals surface area contributed by atoms with Crippen molar-refractivity contribution >= 4 is 21.8 Å². The van der Waals surface area contributed by atoms with Crippen LogP contribution < -0.4 is 0 Å². The van der Waals surface area contributed by atoms with Gasteiger partial charge in [-0.15, -0.1) is 0 Å². The fraction of sp³-hybridized carbons (Fsp3) is 0.294. The predicted octanol–water partition coefficient (Wildman–Crippen LogP) is 3.06. The number of amides is 1. The van der Waals surface area contributed by atoms with Gasteiger partial charge in [-0.05, 0) is 29.8 Å². The highest BCUT2D eigenvalue weighted by Gasteiger charge is 2.28. The van der Waals surface area contributed by atoms with Gasteiger partial charge in [0.25, 0.3) is 5.91 Å². The maximum Gasteiger partial charge on any atom is 0.289 e. The lowest BCUT2D eigenvalue weighted by atomic mass is 10.1. The first-order chi connectivity index (χ1) is 11.2. The summed E-state index contributed by atoms with van der Waals surface area (Å²) >= 11 is 3.44. The van der Waals surface area contributed by atoms with Crippen molar-refractivity contribution in [3.63, 3.8) is 0 Å². The van der Waals surface area contributed by atoms with Crippen molar-refractivity contribution in [2.24, 2.45) is 0 Å². The van der Waals surface area contributed by atoms with Crippen LogP contribution >= 0.6 is 15.9 Å². The van der Waals surface area contributed by atoms with E-state index in [1.54, 1.807) is 17.0 Å². The molecular weight excluding hydrogens is 358 g/mol. The minimum absolute atomic E-state index is 0.0920. The molecule has 1 unspecified atom stereocenters. The fourth-order valence-corrected chi connectivity index (χ4v) is 3.20. The normalized spacial score (nSPS) is 16.8. The van der Waals surface area contributed by atoms with Crippen molar-refractivity contribution in [1.82, 2.24) is 9.80 Å². The monoisotopic (exact) mass is 373 g/mol. The topological polar surface area (TPSA) is 60.5 Å². The second-order valence-corrected chi connectivity index (χ2v) is 6.31. The van der Waals surface area contributed by atoms with E-state index in [-0.39, 0.29) is 11.9 Å². The minimum Gasteiger partial charge on any atom is -0.459 e. The lowest BCUT2D eigenvalue weighted by molar-refractivity contribution is 0.0576. The van der Waals surface area contributed by atoms with E-state index >= 15 is 0 Å². The van der Waals surface area contributed by atoms with E-state index in [4.69, 9.17) is 4.42 Å². The van der Waals surface area contributed by atoms with Crippen molar-refractivity contribution < 1.29 is 9.21 Å². The molecule has 1 fully saturated rings. The average Bonchev–Trinajstić information content (AvgIpc) is 3.10. The second-order valence-electron chi connectivity index (χ2n) is 5.39. The number of benzene rings is 1. The van der Waals surface area contributed by atoms with Crippen LogP contribution in [0, 0.1) is 11.3 Å². The molecule has 2 heterocycles. The van der Waals surface area contributed by atoms with Crippen LogP contribution in [-0.4, -0.2) is 41.9 Å². The Kier molecular flexibility index (Phi) is 4.79. The molecule has 0 saturated carbocycles. The van der Waals surface area contributed by atoms with Crippen LogP contribution in [-0.2, 0) is 0 Å². The molecule has 0 bridgehead atoms. The third-order valence-electron chi connectivity index (χ3n) is 3.99. The molecule has 118 valence electrons. The highest BCUT2D eigenvalue weighted by Crippen LogP contribution is 2.24. The van der Waals surface area contributed by atoms with E-state index in [9.17, 15) is 10.1 Å². The van der Waals surface area contributed by atoms with Gasteiger partial charge in [0.1, 0.15) is 6.04 Å². The van der Waals surface area contributed by atoms with Gasteiger partial charge in [-0.2, -0.15) is 5.26 Å². The largest absolute Gasteiger partial charge is 0.459 e. The van der Waals surface area contributed by atoms with Gasteiger partial charge in [-0.25, -0.2) is 0 Å². The Morgan fingerprint density at radius 1 is 1.22 bits per heavy atom.